The average molecular weight is 596 g/mol. The molecule has 3 aromatic rings. The van der Waals surface area contributed by atoms with Crippen LogP contribution in [0.2, 0.25) is 0 Å². The number of para-hydroxylation sites is 1. The fourth-order valence-corrected chi connectivity index (χ4v) is 7.04. The number of anilines is 2. The molecule has 1 aliphatic heterocycles. The molecule has 0 spiro atoms. The Labute approximate surface area is 252 Å². The predicted molar refractivity (Wildman–Crippen MR) is 163 cm³/mol. The number of hydrogen-bond acceptors (Lipinski definition) is 10. The number of rotatable bonds is 7. The molecule has 1 aromatic heterocycles. The largest absolute Gasteiger partial charge is 0.384 e. The highest BCUT2D eigenvalue weighted by Gasteiger charge is 2.45. The predicted octanol–water partition coefficient (Wildman–Crippen LogP) is 5.64. The van der Waals surface area contributed by atoms with E-state index in [-0.39, 0.29) is 28.7 Å². The lowest BCUT2D eigenvalue weighted by Crippen LogP contribution is -2.42. The fourth-order valence-electron chi connectivity index (χ4n) is 5.36. The maximum absolute atomic E-state index is 13.7. The van der Waals surface area contributed by atoms with Gasteiger partial charge >= 0.3 is 0 Å². The number of amides is 1. The van der Waals surface area contributed by atoms with Crippen molar-refractivity contribution in [2.45, 2.75) is 50.3 Å². The minimum Gasteiger partial charge on any atom is -0.384 e. The van der Waals surface area contributed by atoms with Gasteiger partial charge in [0, 0.05) is 17.7 Å². The number of aryl methyl sites for hydroxylation is 1. The molecule has 0 bridgehead atoms. The smallest absolute Gasteiger partial charge is 0.234 e. The molecule has 212 valence electrons. The van der Waals surface area contributed by atoms with Crippen molar-refractivity contribution >= 4 is 45.6 Å². The first-order chi connectivity index (χ1) is 20.2. The second-order valence-corrected chi connectivity index (χ2v) is 13.1. The molecule has 3 N–H and O–H groups in total. The van der Waals surface area contributed by atoms with Gasteiger partial charge in [0.15, 0.2) is 10.1 Å². The number of allylic oxidation sites excluding steroid dienone is 3. The van der Waals surface area contributed by atoms with Gasteiger partial charge in [-0.3, -0.25) is 14.5 Å². The summed E-state index contributed by atoms with van der Waals surface area (Å²) in [7, 11) is 0. The fraction of sp³-hybridized carbons (Fsp3) is 0.290. The summed E-state index contributed by atoms with van der Waals surface area (Å²) in [6, 6.07) is 19.1. The van der Waals surface area contributed by atoms with Gasteiger partial charge in [0.1, 0.15) is 11.9 Å². The van der Waals surface area contributed by atoms with Crippen molar-refractivity contribution in [2.75, 3.05) is 16.0 Å². The van der Waals surface area contributed by atoms with Gasteiger partial charge in [0.05, 0.1) is 34.6 Å². The summed E-state index contributed by atoms with van der Waals surface area (Å²) in [6.07, 6.45) is 1.82. The van der Waals surface area contributed by atoms with Crippen LogP contribution in [0, 0.1) is 28.1 Å². The molecule has 1 amide bonds. The molecular weight excluding hydrogens is 567 g/mol. The summed E-state index contributed by atoms with van der Waals surface area (Å²) in [5.41, 5.74) is 10.8. The molecule has 2 heterocycles. The van der Waals surface area contributed by atoms with E-state index in [2.05, 4.69) is 34.6 Å². The maximum atomic E-state index is 13.7. The number of aromatic nitrogens is 2. The summed E-state index contributed by atoms with van der Waals surface area (Å²) in [6.45, 7) is 6.17. The zero-order valence-electron chi connectivity index (χ0n) is 23.5. The van der Waals surface area contributed by atoms with E-state index in [1.807, 2.05) is 38.1 Å². The number of ketones is 1. The third-order valence-electron chi connectivity index (χ3n) is 7.34. The number of carbonyl (C=O) groups excluding carboxylic acids is 2. The molecule has 42 heavy (non-hydrogen) atoms. The Morgan fingerprint density at radius 1 is 1.14 bits per heavy atom. The Bertz CT molecular complexity index is 1710. The highest BCUT2D eigenvalue weighted by molar-refractivity contribution is 8.01. The SMILES string of the molecule is CCc1ccc(C2C(C#N)=C(N)N(c3nnc(SCC(=O)Nc4ccccc4C#N)s3)C3=C2C(=O)CC(C)(C)C3)cc1. The van der Waals surface area contributed by atoms with Crippen molar-refractivity contribution < 1.29 is 9.59 Å². The van der Waals surface area contributed by atoms with Crippen molar-refractivity contribution in [1.29, 1.82) is 10.5 Å². The molecule has 9 nitrogen and oxygen atoms in total. The van der Waals surface area contributed by atoms with E-state index < -0.39 is 5.92 Å². The number of thioether (sulfide) groups is 1. The van der Waals surface area contributed by atoms with Crippen molar-refractivity contribution in [3.05, 3.63) is 87.9 Å². The van der Waals surface area contributed by atoms with E-state index in [4.69, 9.17) is 5.73 Å². The number of carbonyl (C=O) groups is 2. The number of nitrogens with zero attached hydrogens (tertiary/aromatic N) is 5. The summed E-state index contributed by atoms with van der Waals surface area (Å²) >= 11 is 2.44. The van der Waals surface area contributed by atoms with E-state index in [1.165, 1.54) is 28.7 Å². The topological polar surface area (TPSA) is 149 Å². The molecule has 5 rings (SSSR count). The number of benzene rings is 2. The number of nitrogens with one attached hydrogen (secondary N) is 1. The molecule has 1 atom stereocenters. The number of nitrogens with two attached hydrogens (primary N) is 1. The van der Waals surface area contributed by atoms with E-state index in [0.717, 1.165) is 17.7 Å². The van der Waals surface area contributed by atoms with Crippen LogP contribution >= 0.6 is 23.1 Å². The van der Waals surface area contributed by atoms with Crippen LogP contribution in [0.5, 0.6) is 0 Å². The maximum Gasteiger partial charge on any atom is 0.234 e. The van der Waals surface area contributed by atoms with E-state index in [0.29, 0.717) is 44.7 Å². The van der Waals surface area contributed by atoms with E-state index in [9.17, 15) is 20.1 Å². The summed E-state index contributed by atoms with van der Waals surface area (Å²) in [5, 5.41) is 31.4. The van der Waals surface area contributed by atoms with Gasteiger partial charge in [-0.25, -0.2) is 0 Å². The zero-order valence-corrected chi connectivity index (χ0v) is 25.1. The van der Waals surface area contributed by atoms with Crippen LogP contribution in [0.3, 0.4) is 0 Å². The first-order valence-electron chi connectivity index (χ1n) is 13.5. The van der Waals surface area contributed by atoms with E-state index in [1.54, 1.807) is 29.2 Å². The Hall–Kier alpha value is -4.45. The monoisotopic (exact) mass is 595 g/mol. The Balaban J connectivity index is 1.46. The Kier molecular flexibility index (Phi) is 8.17. The number of hydrogen-bond donors (Lipinski definition) is 2. The third-order valence-corrected chi connectivity index (χ3v) is 9.38. The summed E-state index contributed by atoms with van der Waals surface area (Å²) in [4.78, 5) is 28.0. The van der Waals surface area contributed by atoms with Crippen molar-refractivity contribution in [2.24, 2.45) is 11.1 Å². The minimum absolute atomic E-state index is 0.00972. The molecule has 0 saturated heterocycles. The molecule has 11 heteroatoms. The van der Waals surface area contributed by atoms with Crippen molar-refractivity contribution in [3.8, 4) is 12.1 Å². The lowest BCUT2D eigenvalue weighted by molar-refractivity contribution is -0.118. The van der Waals surface area contributed by atoms with E-state index >= 15 is 0 Å². The second kappa shape index (κ2) is 11.8. The van der Waals surface area contributed by atoms with Gasteiger partial charge in [0.25, 0.3) is 0 Å². The molecule has 1 aliphatic carbocycles. The Morgan fingerprint density at radius 2 is 1.88 bits per heavy atom. The van der Waals surface area contributed by atoms with Crippen LogP contribution in [-0.4, -0.2) is 27.6 Å². The normalized spacial score (nSPS) is 17.9. The first-order valence-corrected chi connectivity index (χ1v) is 15.3. The number of Topliss-reactive ketones (excluding diaryl/α,β-unsaturated/α-hetero) is 1. The minimum atomic E-state index is -0.558. The standard InChI is InChI=1S/C31H29N7O2S2/c1-4-18-9-11-19(12-10-18)26-21(16-33)28(34)38(23-13-31(2,3)14-24(39)27(23)26)29-36-37-30(42-29)41-17-25(40)35-22-8-6-5-7-20(22)15-32/h5-12,26H,4,13-14,17,34H2,1-3H3,(H,35,40). The Morgan fingerprint density at radius 3 is 2.57 bits per heavy atom. The van der Waals surface area contributed by atoms with Crippen molar-refractivity contribution in [1.82, 2.24) is 10.2 Å². The zero-order chi connectivity index (χ0) is 30.0. The first kappa shape index (κ1) is 29.1. The lowest BCUT2D eigenvalue weighted by atomic mass is 9.68. The van der Waals surface area contributed by atoms with Crippen LogP contribution in [-0.2, 0) is 16.0 Å². The van der Waals surface area contributed by atoms with Crippen molar-refractivity contribution in [3.63, 3.8) is 0 Å². The van der Waals surface area contributed by atoms with Gasteiger partial charge in [0.2, 0.25) is 11.0 Å². The summed E-state index contributed by atoms with van der Waals surface area (Å²) in [5.74, 6) is -0.574. The van der Waals surface area contributed by atoms with Crippen LogP contribution < -0.4 is 16.0 Å². The van der Waals surface area contributed by atoms with Crippen LogP contribution in [0.1, 0.15) is 56.2 Å². The molecular formula is C31H29N7O2S2. The van der Waals surface area contributed by atoms with Crippen LogP contribution in [0.4, 0.5) is 10.8 Å². The highest BCUT2D eigenvalue weighted by Crippen LogP contribution is 2.50. The molecule has 2 aromatic carbocycles. The highest BCUT2D eigenvalue weighted by atomic mass is 32.2. The molecule has 0 fully saturated rings. The molecule has 1 unspecified atom stereocenters. The number of nitriles is 2. The van der Waals surface area contributed by atoms with Gasteiger partial charge in [-0.05, 0) is 41.5 Å². The molecule has 0 saturated carbocycles. The van der Waals surface area contributed by atoms with Gasteiger partial charge in [-0.15, -0.1) is 10.2 Å². The molecule has 2 aliphatic rings. The van der Waals surface area contributed by atoms with Gasteiger partial charge < -0.3 is 11.1 Å². The lowest BCUT2D eigenvalue weighted by Gasteiger charge is -2.42. The van der Waals surface area contributed by atoms with Gasteiger partial charge in [-0.2, -0.15) is 10.5 Å². The third kappa shape index (κ3) is 5.67. The average Bonchev–Trinajstić information content (AvgIpc) is 3.43. The second-order valence-electron chi connectivity index (χ2n) is 10.9. The van der Waals surface area contributed by atoms with Crippen LogP contribution in [0.25, 0.3) is 0 Å². The molecule has 0 radical (unpaired) electrons. The van der Waals surface area contributed by atoms with Crippen LogP contribution in [0.15, 0.2) is 75.5 Å². The van der Waals surface area contributed by atoms with Gasteiger partial charge in [-0.1, -0.05) is 80.3 Å². The summed E-state index contributed by atoms with van der Waals surface area (Å²) < 4.78 is 0.529. The quantitative estimate of drug-likeness (QED) is 0.331.